The standard InChI is InChI=1S/C21H23N3O3/c1-14(2)15-8-4-6-10-17(15)22-19(25)12-13-20-23-24-21(27-20)16-9-5-7-11-18(16)26-3/h4-11,14H,12-13H2,1-3H3,(H,22,25). The van der Waals surface area contributed by atoms with E-state index in [2.05, 4.69) is 29.4 Å². The van der Waals surface area contributed by atoms with E-state index < -0.39 is 0 Å². The van der Waals surface area contributed by atoms with Crippen LogP contribution >= 0.6 is 0 Å². The molecule has 0 atom stereocenters. The van der Waals surface area contributed by atoms with E-state index in [1.54, 1.807) is 7.11 Å². The molecule has 0 saturated heterocycles. The first-order valence-electron chi connectivity index (χ1n) is 8.93. The van der Waals surface area contributed by atoms with Gasteiger partial charge < -0.3 is 14.5 Å². The normalized spacial score (nSPS) is 10.8. The molecule has 1 amide bonds. The van der Waals surface area contributed by atoms with Gasteiger partial charge in [-0.2, -0.15) is 0 Å². The van der Waals surface area contributed by atoms with Crippen LogP contribution in [-0.4, -0.2) is 23.2 Å². The van der Waals surface area contributed by atoms with Gasteiger partial charge >= 0.3 is 0 Å². The van der Waals surface area contributed by atoms with E-state index in [1.807, 2.05) is 48.5 Å². The maximum atomic E-state index is 12.3. The fourth-order valence-corrected chi connectivity index (χ4v) is 2.83. The Balaban J connectivity index is 1.63. The number of nitrogens with zero attached hydrogens (tertiary/aromatic N) is 2. The molecule has 3 aromatic rings. The van der Waals surface area contributed by atoms with Gasteiger partial charge in [0.1, 0.15) is 5.75 Å². The molecule has 3 rings (SSSR count). The minimum atomic E-state index is -0.0832. The van der Waals surface area contributed by atoms with Gasteiger partial charge in [0.25, 0.3) is 5.89 Å². The second-order valence-electron chi connectivity index (χ2n) is 6.49. The van der Waals surface area contributed by atoms with Gasteiger partial charge in [-0.3, -0.25) is 4.79 Å². The zero-order valence-electron chi connectivity index (χ0n) is 15.7. The van der Waals surface area contributed by atoms with Gasteiger partial charge in [0.2, 0.25) is 11.8 Å². The monoisotopic (exact) mass is 365 g/mol. The third-order valence-electron chi connectivity index (χ3n) is 4.23. The van der Waals surface area contributed by atoms with Crippen LogP contribution in [0.25, 0.3) is 11.5 Å². The van der Waals surface area contributed by atoms with Gasteiger partial charge in [0, 0.05) is 18.5 Å². The number of aromatic nitrogens is 2. The number of amides is 1. The van der Waals surface area contributed by atoms with Crippen molar-refractivity contribution in [2.45, 2.75) is 32.6 Å². The highest BCUT2D eigenvalue weighted by Gasteiger charge is 2.14. The summed E-state index contributed by atoms with van der Waals surface area (Å²) >= 11 is 0. The molecular formula is C21H23N3O3. The lowest BCUT2D eigenvalue weighted by Gasteiger charge is -2.13. The van der Waals surface area contributed by atoms with E-state index in [1.165, 1.54) is 0 Å². The predicted octanol–water partition coefficient (Wildman–Crippen LogP) is 4.44. The summed E-state index contributed by atoms with van der Waals surface area (Å²) in [6.45, 7) is 4.20. The molecule has 0 fully saturated rings. The Labute approximate surface area is 158 Å². The van der Waals surface area contributed by atoms with Crippen LogP contribution in [0.1, 0.15) is 37.6 Å². The van der Waals surface area contributed by atoms with Crippen molar-refractivity contribution in [1.82, 2.24) is 10.2 Å². The molecule has 1 N–H and O–H groups in total. The van der Waals surface area contributed by atoms with Crippen LogP contribution in [-0.2, 0) is 11.2 Å². The zero-order valence-corrected chi connectivity index (χ0v) is 15.7. The van der Waals surface area contributed by atoms with Crippen molar-refractivity contribution in [2.24, 2.45) is 0 Å². The van der Waals surface area contributed by atoms with Crippen LogP contribution in [0.15, 0.2) is 52.9 Å². The van der Waals surface area contributed by atoms with E-state index >= 15 is 0 Å². The van der Waals surface area contributed by atoms with Gasteiger partial charge in [-0.25, -0.2) is 0 Å². The summed E-state index contributed by atoms with van der Waals surface area (Å²) in [7, 11) is 1.59. The Morgan fingerprint density at radius 2 is 1.85 bits per heavy atom. The summed E-state index contributed by atoms with van der Waals surface area (Å²) in [6, 6.07) is 15.3. The highest BCUT2D eigenvalue weighted by molar-refractivity contribution is 5.91. The van der Waals surface area contributed by atoms with Crippen molar-refractivity contribution in [3.05, 3.63) is 60.0 Å². The molecule has 0 aliphatic heterocycles. The second kappa shape index (κ2) is 8.49. The van der Waals surface area contributed by atoms with E-state index in [0.29, 0.717) is 29.9 Å². The fraction of sp³-hybridized carbons (Fsp3) is 0.286. The van der Waals surface area contributed by atoms with Gasteiger partial charge in [-0.15, -0.1) is 10.2 Å². The van der Waals surface area contributed by atoms with E-state index in [-0.39, 0.29) is 12.3 Å². The number of anilines is 1. The molecule has 140 valence electrons. The summed E-state index contributed by atoms with van der Waals surface area (Å²) in [5.41, 5.74) is 2.69. The minimum Gasteiger partial charge on any atom is -0.496 e. The van der Waals surface area contributed by atoms with E-state index in [4.69, 9.17) is 9.15 Å². The number of hydrogen-bond acceptors (Lipinski definition) is 5. The number of aryl methyl sites for hydroxylation is 1. The predicted molar refractivity (Wildman–Crippen MR) is 104 cm³/mol. The number of nitrogens with one attached hydrogen (secondary N) is 1. The van der Waals surface area contributed by atoms with Crippen molar-refractivity contribution in [3.8, 4) is 17.2 Å². The first-order chi connectivity index (χ1) is 13.1. The van der Waals surface area contributed by atoms with Crippen molar-refractivity contribution < 1.29 is 13.9 Å². The van der Waals surface area contributed by atoms with Gasteiger partial charge in [-0.1, -0.05) is 44.2 Å². The molecule has 2 aromatic carbocycles. The summed E-state index contributed by atoms with van der Waals surface area (Å²) in [6.07, 6.45) is 0.637. The highest BCUT2D eigenvalue weighted by Crippen LogP contribution is 2.28. The van der Waals surface area contributed by atoms with Crippen molar-refractivity contribution >= 4 is 11.6 Å². The maximum absolute atomic E-state index is 12.3. The van der Waals surface area contributed by atoms with Crippen LogP contribution in [0.5, 0.6) is 5.75 Å². The van der Waals surface area contributed by atoms with Crippen LogP contribution in [0, 0.1) is 0 Å². The number of hydrogen-bond donors (Lipinski definition) is 1. The molecule has 6 heteroatoms. The number of carbonyl (C=O) groups excluding carboxylic acids is 1. The van der Waals surface area contributed by atoms with Gasteiger partial charge in [0.15, 0.2) is 0 Å². The Morgan fingerprint density at radius 3 is 2.63 bits per heavy atom. The molecule has 6 nitrogen and oxygen atoms in total. The lowest BCUT2D eigenvalue weighted by molar-refractivity contribution is -0.116. The zero-order chi connectivity index (χ0) is 19.2. The largest absolute Gasteiger partial charge is 0.496 e. The Kier molecular flexibility index (Phi) is 5.86. The molecule has 0 radical (unpaired) electrons. The third-order valence-corrected chi connectivity index (χ3v) is 4.23. The van der Waals surface area contributed by atoms with Gasteiger partial charge in [0.05, 0.1) is 12.7 Å². The molecule has 0 bridgehead atoms. The number of ether oxygens (including phenoxy) is 1. The van der Waals surface area contributed by atoms with Crippen LogP contribution in [0.4, 0.5) is 5.69 Å². The third kappa shape index (κ3) is 4.53. The Morgan fingerprint density at radius 1 is 1.11 bits per heavy atom. The first kappa shape index (κ1) is 18.6. The first-order valence-corrected chi connectivity index (χ1v) is 8.93. The maximum Gasteiger partial charge on any atom is 0.251 e. The van der Waals surface area contributed by atoms with Crippen molar-refractivity contribution in [2.75, 3.05) is 12.4 Å². The molecule has 1 heterocycles. The van der Waals surface area contributed by atoms with Crippen LogP contribution in [0.3, 0.4) is 0 Å². The van der Waals surface area contributed by atoms with Crippen molar-refractivity contribution in [3.63, 3.8) is 0 Å². The molecular weight excluding hydrogens is 342 g/mol. The summed E-state index contributed by atoms with van der Waals surface area (Å²) < 4.78 is 11.0. The van der Waals surface area contributed by atoms with E-state index in [0.717, 1.165) is 16.8 Å². The lowest BCUT2D eigenvalue weighted by Crippen LogP contribution is -2.14. The van der Waals surface area contributed by atoms with Gasteiger partial charge in [-0.05, 0) is 29.7 Å². The quantitative estimate of drug-likeness (QED) is 0.670. The average molecular weight is 365 g/mol. The molecule has 0 aliphatic rings. The molecule has 0 saturated carbocycles. The molecule has 0 unspecified atom stereocenters. The number of benzene rings is 2. The molecule has 1 aromatic heterocycles. The Bertz CT molecular complexity index is 918. The van der Waals surface area contributed by atoms with Crippen LogP contribution < -0.4 is 10.1 Å². The molecule has 0 aliphatic carbocycles. The topological polar surface area (TPSA) is 77.2 Å². The average Bonchev–Trinajstić information content (AvgIpc) is 3.15. The second-order valence-corrected chi connectivity index (χ2v) is 6.49. The van der Waals surface area contributed by atoms with Crippen LogP contribution in [0.2, 0.25) is 0 Å². The summed E-state index contributed by atoms with van der Waals surface area (Å²) in [5.74, 6) is 1.72. The molecule has 27 heavy (non-hydrogen) atoms. The number of para-hydroxylation sites is 2. The van der Waals surface area contributed by atoms with E-state index in [9.17, 15) is 4.79 Å². The number of rotatable bonds is 7. The smallest absolute Gasteiger partial charge is 0.251 e. The Hall–Kier alpha value is -3.15. The number of methoxy groups -OCH3 is 1. The summed E-state index contributed by atoms with van der Waals surface area (Å²) in [4.78, 5) is 12.3. The SMILES string of the molecule is COc1ccccc1-c1nnc(CCC(=O)Nc2ccccc2C(C)C)o1. The highest BCUT2D eigenvalue weighted by atomic mass is 16.5. The summed E-state index contributed by atoms with van der Waals surface area (Å²) in [5, 5.41) is 11.1. The van der Waals surface area contributed by atoms with Crippen molar-refractivity contribution in [1.29, 1.82) is 0 Å². The molecule has 0 spiro atoms. The number of carbonyl (C=O) groups is 1. The lowest BCUT2D eigenvalue weighted by atomic mass is 10.0. The fourth-order valence-electron chi connectivity index (χ4n) is 2.83. The minimum absolute atomic E-state index is 0.0832.